The van der Waals surface area contributed by atoms with Crippen molar-refractivity contribution in [1.82, 2.24) is 0 Å². The van der Waals surface area contributed by atoms with Gasteiger partial charge in [0.05, 0.1) is 71.9 Å². The van der Waals surface area contributed by atoms with Gasteiger partial charge in [-0.15, -0.1) is 0 Å². The summed E-state index contributed by atoms with van der Waals surface area (Å²) in [6.45, 7) is 38.1. The standard InChI is InChI=1S/C34H62O6Si2.C22H34O6/c1-13-41(14-2,15-3)39-24-20-34(37)23(8)29-32(11)21-38-25(32)19-26(40-42(16-4,17-5)18-6)33(29,12)30(36)28(35)27(22(24)7)31(34,9)10;1-10-12(23)8-22(27)11(2)17-20(5)9-28-14(20)7-13(24)21(17,6)18(26)16(25)15(10)19(22,3)4/h23-26,28-29,35,37H,13-21H2,1-12H3;11-14,16-17,23-25,27H,7-9H2,1-6H3/t23-,24-,25+,26-,28+,29?,32+,33+,34+;11-,12-,13-,14+,16+,17?,20+,21+,22+/m00/s1. The van der Waals surface area contributed by atoms with Gasteiger partial charge in [-0.05, 0) is 110 Å². The highest BCUT2D eigenvalue weighted by Gasteiger charge is 2.75. The predicted molar refractivity (Wildman–Crippen MR) is 277 cm³/mol. The van der Waals surface area contributed by atoms with Crippen molar-refractivity contribution >= 4 is 28.2 Å². The van der Waals surface area contributed by atoms with Gasteiger partial charge in [-0.2, -0.15) is 0 Å². The molecule has 0 aromatic heterocycles. The predicted octanol–water partition coefficient (Wildman–Crippen LogP) is 8.45. The fraction of sp³-hybridized carbons (Fsp3) is 0.893. The van der Waals surface area contributed by atoms with E-state index in [1.54, 1.807) is 13.8 Å². The van der Waals surface area contributed by atoms with Gasteiger partial charge in [0.15, 0.2) is 28.2 Å². The van der Waals surface area contributed by atoms with Gasteiger partial charge in [-0.25, -0.2) is 0 Å². The number of carbonyl (C=O) groups excluding carboxylic acids is 2. The number of hydrogen-bond acceptors (Lipinski definition) is 12. The number of aliphatic hydroxyl groups excluding tert-OH is 4. The van der Waals surface area contributed by atoms with Crippen LogP contribution in [-0.4, -0.2) is 132 Å². The summed E-state index contributed by atoms with van der Waals surface area (Å²) in [5, 5.41) is 70.5. The molecule has 0 radical (unpaired) electrons. The van der Waals surface area contributed by atoms with Gasteiger partial charge in [0.25, 0.3) is 0 Å². The lowest BCUT2D eigenvalue weighted by Crippen LogP contribution is -2.76. The number of fused-ring (bicyclic) bond motifs is 10. The molecule has 14 heteroatoms. The summed E-state index contributed by atoms with van der Waals surface area (Å²) in [6, 6.07) is 5.99. The molecule has 70 heavy (non-hydrogen) atoms. The summed E-state index contributed by atoms with van der Waals surface area (Å²) in [5.41, 5.74) is -4.50. The first kappa shape index (κ1) is 56.6. The maximum Gasteiger partial charge on any atom is 0.192 e. The third-order valence-corrected chi connectivity index (χ3v) is 32.5. The van der Waals surface area contributed by atoms with E-state index in [4.69, 9.17) is 18.3 Å². The van der Waals surface area contributed by atoms with Crippen LogP contribution in [0, 0.1) is 56.2 Å². The van der Waals surface area contributed by atoms with E-state index in [-0.39, 0.29) is 65.2 Å². The molecule has 4 saturated carbocycles. The highest BCUT2D eigenvalue weighted by atomic mass is 28.4. The van der Waals surface area contributed by atoms with Gasteiger partial charge in [0.1, 0.15) is 12.2 Å². The minimum atomic E-state index is -2.10. The Morgan fingerprint density at radius 3 is 1.39 bits per heavy atom. The zero-order chi connectivity index (χ0) is 52.7. The van der Waals surface area contributed by atoms with Crippen molar-refractivity contribution in [2.24, 2.45) is 56.2 Å². The minimum absolute atomic E-state index is 0.0240. The Morgan fingerprint density at radius 1 is 0.571 bits per heavy atom. The Balaban J connectivity index is 0.000000223. The number of rotatable bonds is 10. The second-order valence-corrected chi connectivity index (χ2v) is 35.6. The van der Waals surface area contributed by atoms with Crippen molar-refractivity contribution in [2.45, 2.75) is 247 Å². The van der Waals surface area contributed by atoms with E-state index in [1.807, 2.05) is 41.5 Å². The first-order chi connectivity index (χ1) is 32.2. The Morgan fingerprint density at radius 2 is 0.957 bits per heavy atom. The van der Waals surface area contributed by atoms with Crippen LogP contribution in [0.25, 0.3) is 0 Å². The third-order valence-electron chi connectivity index (χ3n) is 23.2. The quantitative estimate of drug-likeness (QED) is 0.0906. The van der Waals surface area contributed by atoms with E-state index in [0.29, 0.717) is 49.2 Å². The average Bonchev–Trinajstić information content (AvgIpc) is 3.30. The number of Topliss-reactive ketones (excluding diaryl/α,β-unsaturated/α-hetero) is 2. The Kier molecular flexibility index (Phi) is 14.8. The summed E-state index contributed by atoms with van der Waals surface area (Å²) in [7, 11) is -4.14. The van der Waals surface area contributed by atoms with Crippen LogP contribution >= 0.6 is 0 Å². The van der Waals surface area contributed by atoms with Crippen molar-refractivity contribution < 1.29 is 58.6 Å². The zero-order valence-electron chi connectivity index (χ0n) is 46.5. The first-order valence-corrected chi connectivity index (χ1v) is 32.5. The normalized spacial score (nSPS) is 47.4. The molecule has 0 aromatic carbocycles. The lowest BCUT2D eigenvalue weighted by Gasteiger charge is -2.69. The molecule has 2 unspecified atom stereocenters. The van der Waals surface area contributed by atoms with Gasteiger partial charge in [0, 0.05) is 47.3 Å². The van der Waals surface area contributed by atoms with Crippen LogP contribution in [0.15, 0.2) is 22.3 Å². The zero-order valence-corrected chi connectivity index (χ0v) is 48.5. The molecule has 0 aromatic rings. The summed E-state index contributed by atoms with van der Waals surface area (Å²) in [6.07, 6.45) is -3.90. The lowest BCUT2D eigenvalue weighted by molar-refractivity contribution is -0.302. The molecule has 12 nitrogen and oxygen atoms in total. The second kappa shape index (κ2) is 18.3. The monoisotopic (exact) mass is 1020 g/mol. The molecule has 18 atom stereocenters. The summed E-state index contributed by atoms with van der Waals surface area (Å²) in [5.74, 6) is -1.79. The van der Waals surface area contributed by atoms with Crippen LogP contribution in [-0.2, 0) is 27.9 Å². The van der Waals surface area contributed by atoms with Gasteiger partial charge in [0.2, 0.25) is 0 Å². The SMILES string of the molecule is CC1=C2[C@@H](O)C(=O)[C@@]3(C)C([C@H](C)[C@](O)(C[C@@H]1O)C2(C)C)[C@]1(C)CO[C@@H]1C[C@@H]3O.CC[Si](CC)(CC)O[C@H]1C[C@@]2(O)[C@@H](C)C3[C@]4(C)CO[C@@H]4C[C@H](O[Si](CC)(CC)CC)[C@@]3(C)C(=O)[C@H](O)C(=C1C)C2(C)C. The van der Waals surface area contributed by atoms with Crippen LogP contribution in [0.5, 0.6) is 0 Å². The van der Waals surface area contributed by atoms with Gasteiger partial charge < -0.3 is 49.0 Å². The van der Waals surface area contributed by atoms with Crippen molar-refractivity contribution in [2.75, 3.05) is 13.2 Å². The van der Waals surface area contributed by atoms with Crippen molar-refractivity contribution in [1.29, 1.82) is 0 Å². The van der Waals surface area contributed by atoms with Gasteiger partial charge >= 0.3 is 0 Å². The summed E-state index contributed by atoms with van der Waals surface area (Å²) < 4.78 is 26.3. The van der Waals surface area contributed by atoms with E-state index in [2.05, 4.69) is 69.2 Å². The van der Waals surface area contributed by atoms with Gasteiger partial charge in [-0.3, -0.25) is 9.59 Å². The molecule has 6 N–H and O–H groups in total. The molecule has 8 aliphatic rings. The molecular weight excluding hydrogens is 921 g/mol. The molecule has 6 fully saturated rings. The summed E-state index contributed by atoms with van der Waals surface area (Å²) in [4.78, 5) is 28.8. The molecule has 2 aliphatic heterocycles. The molecule has 8 rings (SSSR count). The van der Waals surface area contributed by atoms with E-state index in [0.717, 1.165) is 41.8 Å². The molecule has 6 aliphatic carbocycles. The van der Waals surface area contributed by atoms with Crippen molar-refractivity contribution in [3.05, 3.63) is 22.3 Å². The largest absolute Gasteiger partial charge is 0.413 e. The van der Waals surface area contributed by atoms with Crippen LogP contribution in [0.3, 0.4) is 0 Å². The van der Waals surface area contributed by atoms with E-state index < -0.39 is 85.6 Å². The Hall–Kier alpha value is -1.15. The fourth-order valence-electron chi connectivity index (χ4n) is 17.8. The number of carbonyl (C=O) groups is 2. The van der Waals surface area contributed by atoms with Crippen molar-refractivity contribution in [3.63, 3.8) is 0 Å². The maximum absolute atomic E-state index is 15.1. The van der Waals surface area contributed by atoms with E-state index in [9.17, 15) is 35.4 Å². The fourth-order valence-corrected chi connectivity index (χ4v) is 23.6. The molecule has 2 saturated heterocycles. The van der Waals surface area contributed by atoms with E-state index >= 15 is 4.79 Å². The third kappa shape index (κ3) is 7.33. The number of aliphatic hydroxyl groups is 6. The molecule has 4 bridgehead atoms. The Bertz CT molecular complexity index is 2100. The van der Waals surface area contributed by atoms with Crippen molar-refractivity contribution in [3.8, 4) is 0 Å². The smallest absolute Gasteiger partial charge is 0.192 e. The molecular formula is C56H96O12Si2. The number of ketones is 2. The van der Waals surface area contributed by atoms with Crippen LogP contribution in [0.2, 0.25) is 36.3 Å². The molecule has 0 spiro atoms. The molecule has 2 heterocycles. The number of hydrogen-bond donors (Lipinski definition) is 6. The minimum Gasteiger partial charge on any atom is -0.413 e. The average molecular weight is 1020 g/mol. The van der Waals surface area contributed by atoms with Crippen LogP contribution in [0.4, 0.5) is 0 Å². The molecule has 400 valence electrons. The first-order valence-electron chi connectivity index (χ1n) is 27.5. The highest BCUT2D eigenvalue weighted by Crippen LogP contribution is 2.69. The van der Waals surface area contributed by atoms with Gasteiger partial charge in [-0.1, -0.05) is 96.9 Å². The number of ether oxygens (including phenoxy) is 2. The Labute approximate surface area is 423 Å². The van der Waals surface area contributed by atoms with E-state index in [1.165, 1.54) is 0 Å². The molecule has 0 amide bonds. The van der Waals surface area contributed by atoms with Crippen LogP contribution < -0.4 is 0 Å². The highest BCUT2D eigenvalue weighted by molar-refractivity contribution is 6.74. The topological polar surface area (TPSA) is 192 Å². The maximum atomic E-state index is 15.1. The summed E-state index contributed by atoms with van der Waals surface area (Å²) >= 11 is 0. The lowest BCUT2D eigenvalue weighted by atomic mass is 9.40. The second-order valence-electron chi connectivity index (χ2n) is 26.1. The van der Waals surface area contributed by atoms with Crippen LogP contribution in [0.1, 0.15) is 150 Å².